The van der Waals surface area contributed by atoms with Crippen molar-refractivity contribution in [3.8, 4) is 23.0 Å². The molecule has 0 aliphatic carbocycles. The van der Waals surface area contributed by atoms with Crippen LogP contribution in [0.1, 0.15) is 51.3 Å². The molecule has 1 spiro atoms. The second-order valence-electron chi connectivity index (χ2n) is 7.74. The van der Waals surface area contributed by atoms with Gasteiger partial charge in [0.2, 0.25) is 0 Å². The molecule has 5 rings (SSSR count). The van der Waals surface area contributed by atoms with Crippen LogP contribution in [0.2, 0.25) is 0 Å². The smallest absolute Gasteiger partial charge is 0.340 e. The lowest BCUT2D eigenvalue weighted by Crippen LogP contribution is -2.33. The van der Waals surface area contributed by atoms with E-state index in [0.29, 0.717) is 16.7 Å². The van der Waals surface area contributed by atoms with Crippen LogP contribution in [0.25, 0.3) is 0 Å². The Balaban J connectivity index is 1.77. The Hall–Kier alpha value is -4.66. The van der Waals surface area contributed by atoms with E-state index >= 15 is 0 Å². The van der Waals surface area contributed by atoms with Crippen molar-refractivity contribution >= 4 is 23.9 Å². The number of benzene rings is 3. The fourth-order valence-corrected chi connectivity index (χ4v) is 4.28. The highest BCUT2D eigenvalue weighted by Crippen LogP contribution is 2.57. The summed E-state index contributed by atoms with van der Waals surface area (Å²) in [6, 6.07) is 13.5. The lowest BCUT2D eigenvalue weighted by Gasteiger charge is -2.36. The van der Waals surface area contributed by atoms with Crippen molar-refractivity contribution in [1.82, 2.24) is 0 Å². The standard InChI is InChI=1S/C25H16O9/c1-12(26)31-15-4-7-19-21(10-15)33-22-11-16(32-13(2)27)5-8-20(22)25(19)18-6-3-14(23(28)29)9-17(18)24(30)34-25/h3-11H,1-2H3,(H,28,29). The van der Waals surface area contributed by atoms with Gasteiger partial charge >= 0.3 is 23.9 Å². The zero-order valence-electron chi connectivity index (χ0n) is 17.9. The van der Waals surface area contributed by atoms with Crippen LogP contribution < -0.4 is 14.2 Å². The summed E-state index contributed by atoms with van der Waals surface area (Å²) in [5.41, 5.74) is -0.0931. The molecular formula is C25H16O9. The molecule has 2 aliphatic heterocycles. The van der Waals surface area contributed by atoms with Crippen molar-refractivity contribution in [2.24, 2.45) is 0 Å². The second-order valence-corrected chi connectivity index (χ2v) is 7.74. The number of carbonyl (C=O) groups excluding carboxylic acids is 3. The molecule has 0 amide bonds. The summed E-state index contributed by atoms with van der Waals surface area (Å²) in [5.74, 6) is -2.02. The van der Waals surface area contributed by atoms with E-state index in [9.17, 15) is 24.3 Å². The number of carbonyl (C=O) groups is 4. The first kappa shape index (κ1) is 21.2. The Labute approximate surface area is 192 Å². The van der Waals surface area contributed by atoms with Gasteiger partial charge in [-0.3, -0.25) is 9.59 Å². The van der Waals surface area contributed by atoms with E-state index in [2.05, 4.69) is 0 Å². The van der Waals surface area contributed by atoms with Crippen molar-refractivity contribution < 1.29 is 43.2 Å². The van der Waals surface area contributed by atoms with Crippen LogP contribution in [0, 0.1) is 0 Å². The van der Waals surface area contributed by atoms with Gasteiger partial charge in [0.1, 0.15) is 23.0 Å². The number of esters is 3. The van der Waals surface area contributed by atoms with Crippen molar-refractivity contribution in [1.29, 1.82) is 0 Å². The van der Waals surface area contributed by atoms with Crippen molar-refractivity contribution in [2.45, 2.75) is 19.4 Å². The number of aromatic carboxylic acids is 1. The molecule has 0 atom stereocenters. The van der Waals surface area contributed by atoms with Crippen LogP contribution in [0.4, 0.5) is 0 Å². The Morgan fingerprint density at radius 1 is 0.794 bits per heavy atom. The minimum absolute atomic E-state index is 0.0596. The topological polar surface area (TPSA) is 125 Å². The highest BCUT2D eigenvalue weighted by atomic mass is 16.6. The van der Waals surface area contributed by atoms with E-state index in [-0.39, 0.29) is 34.1 Å². The number of ether oxygens (including phenoxy) is 4. The molecule has 3 aromatic rings. The van der Waals surface area contributed by atoms with Gasteiger partial charge in [-0.25, -0.2) is 9.59 Å². The molecule has 2 aliphatic rings. The summed E-state index contributed by atoms with van der Waals surface area (Å²) in [6.45, 7) is 2.52. The summed E-state index contributed by atoms with van der Waals surface area (Å²) in [5, 5.41) is 9.37. The van der Waals surface area contributed by atoms with Crippen molar-refractivity contribution in [2.75, 3.05) is 0 Å². The normalized spacial score (nSPS) is 14.2. The van der Waals surface area contributed by atoms with Gasteiger partial charge in [0.15, 0.2) is 5.60 Å². The average Bonchev–Trinajstić information content (AvgIpc) is 3.05. The Bertz CT molecular complexity index is 1350. The van der Waals surface area contributed by atoms with Gasteiger partial charge in [0, 0.05) is 42.7 Å². The van der Waals surface area contributed by atoms with Gasteiger partial charge in [-0.05, 0) is 36.4 Å². The molecule has 0 fully saturated rings. The second kappa shape index (κ2) is 7.45. The predicted octanol–water partition coefficient (Wildman–Crippen LogP) is 3.80. The van der Waals surface area contributed by atoms with Crippen LogP contribution in [0.5, 0.6) is 23.0 Å². The highest BCUT2D eigenvalue weighted by molar-refractivity contribution is 6.00. The first-order valence-corrected chi connectivity index (χ1v) is 10.1. The number of hydrogen-bond donors (Lipinski definition) is 1. The van der Waals surface area contributed by atoms with Gasteiger partial charge in [0.05, 0.1) is 11.1 Å². The monoisotopic (exact) mass is 460 g/mol. The van der Waals surface area contributed by atoms with E-state index < -0.39 is 29.5 Å². The number of rotatable bonds is 3. The Morgan fingerprint density at radius 2 is 1.32 bits per heavy atom. The fraction of sp³-hybridized carbons (Fsp3) is 0.120. The number of carboxylic acid groups (broad SMARTS) is 1. The fourth-order valence-electron chi connectivity index (χ4n) is 4.28. The Morgan fingerprint density at radius 3 is 1.82 bits per heavy atom. The molecule has 0 radical (unpaired) electrons. The molecule has 9 heteroatoms. The van der Waals surface area contributed by atoms with Gasteiger partial charge in [-0.15, -0.1) is 0 Å². The molecule has 34 heavy (non-hydrogen) atoms. The van der Waals surface area contributed by atoms with Gasteiger partial charge in [0.25, 0.3) is 0 Å². The van der Waals surface area contributed by atoms with Crippen LogP contribution in [0.3, 0.4) is 0 Å². The van der Waals surface area contributed by atoms with Crippen molar-refractivity contribution in [3.63, 3.8) is 0 Å². The maximum Gasteiger partial charge on any atom is 0.340 e. The Kier molecular flexibility index (Phi) is 4.64. The van der Waals surface area contributed by atoms with Crippen LogP contribution in [0.15, 0.2) is 54.6 Å². The predicted molar refractivity (Wildman–Crippen MR) is 114 cm³/mol. The van der Waals surface area contributed by atoms with Crippen molar-refractivity contribution in [3.05, 3.63) is 82.4 Å². The molecular weight excluding hydrogens is 444 g/mol. The molecule has 3 aromatic carbocycles. The zero-order valence-corrected chi connectivity index (χ0v) is 17.9. The maximum atomic E-state index is 13.0. The van der Waals surface area contributed by atoms with E-state index in [1.807, 2.05) is 0 Å². The first-order valence-electron chi connectivity index (χ1n) is 10.1. The molecule has 0 unspecified atom stereocenters. The number of fused-ring (bicyclic) bond motifs is 6. The molecule has 0 saturated heterocycles. The van der Waals surface area contributed by atoms with Crippen LogP contribution >= 0.6 is 0 Å². The molecule has 0 aromatic heterocycles. The first-order chi connectivity index (χ1) is 16.2. The minimum atomic E-state index is -1.46. The zero-order chi connectivity index (χ0) is 24.2. The van der Waals surface area contributed by atoms with E-state index in [4.69, 9.17) is 18.9 Å². The largest absolute Gasteiger partial charge is 0.478 e. The summed E-state index contributed by atoms with van der Waals surface area (Å²) in [4.78, 5) is 47.3. The third-order valence-corrected chi connectivity index (χ3v) is 5.52. The van der Waals surface area contributed by atoms with E-state index in [1.54, 1.807) is 24.3 Å². The van der Waals surface area contributed by atoms with E-state index in [0.717, 1.165) is 0 Å². The summed E-state index contributed by atoms with van der Waals surface area (Å²) >= 11 is 0. The van der Waals surface area contributed by atoms with Gasteiger partial charge in [-0.1, -0.05) is 6.07 Å². The molecule has 170 valence electrons. The van der Waals surface area contributed by atoms with Crippen LogP contribution in [-0.2, 0) is 19.9 Å². The van der Waals surface area contributed by atoms with Gasteiger partial charge < -0.3 is 24.1 Å². The minimum Gasteiger partial charge on any atom is -0.478 e. The van der Waals surface area contributed by atoms with Crippen LogP contribution in [-0.4, -0.2) is 29.0 Å². The third-order valence-electron chi connectivity index (χ3n) is 5.52. The highest BCUT2D eigenvalue weighted by Gasteiger charge is 2.53. The average molecular weight is 460 g/mol. The summed E-state index contributed by atoms with van der Waals surface area (Å²) in [7, 11) is 0. The number of carboxylic acids is 1. The lowest BCUT2D eigenvalue weighted by atomic mass is 9.77. The van der Waals surface area contributed by atoms with E-state index in [1.165, 1.54) is 44.2 Å². The van der Waals surface area contributed by atoms with Gasteiger partial charge in [-0.2, -0.15) is 0 Å². The molecule has 2 heterocycles. The summed E-state index contributed by atoms with van der Waals surface area (Å²) < 4.78 is 22.3. The third kappa shape index (κ3) is 3.17. The number of hydrogen-bond acceptors (Lipinski definition) is 8. The quantitative estimate of drug-likeness (QED) is 0.459. The molecule has 9 nitrogen and oxygen atoms in total. The maximum absolute atomic E-state index is 13.0. The SMILES string of the molecule is CC(=O)Oc1ccc2c(c1)Oc1cc(OC(C)=O)ccc1C21OC(=O)c2cc(C(=O)O)ccc21. The lowest BCUT2D eigenvalue weighted by molar-refractivity contribution is -0.132. The summed E-state index contributed by atoms with van der Waals surface area (Å²) in [6.07, 6.45) is 0. The molecule has 0 bridgehead atoms. The molecule has 0 saturated carbocycles. The molecule has 1 N–H and O–H groups in total.